The molecule has 1 aliphatic rings. The van der Waals surface area contributed by atoms with Crippen LogP contribution >= 0.6 is 0 Å². The van der Waals surface area contributed by atoms with E-state index >= 15 is 0 Å². The van der Waals surface area contributed by atoms with Crippen LogP contribution in [0, 0.1) is 0 Å². The second kappa shape index (κ2) is 5.37. The van der Waals surface area contributed by atoms with Crippen LogP contribution in [0.3, 0.4) is 0 Å². The third-order valence-electron chi connectivity index (χ3n) is 4.13. The Morgan fingerprint density at radius 2 is 1.57 bits per heavy atom. The first-order valence-corrected chi connectivity index (χ1v) is 6.86. The summed E-state index contributed by atoms with van der Waals surface area (Å²) in [4.78, 5) is 0. The summed E-state index contributed by atoms with van der Waals surface area (Å²) in [6.45, 7) is 7.36. The zero-order chi connectivity index (χ0) is 15.8. The molecule has 1 saturated heterocycles. The third-order valence-corrected chi connectivity index (χ3v) is 4.13. The molecule has 3 N–H and O–H groups in total. The number of hydrogen-bond acceptors (Lipinski definition) is 5. The summed E-state index contributed by atoms with van der Waals surface area (Å²) in [5, 5.41) is 29.2. The molecule has 1 aromatic carbocycles. The lowest BCUT2D eigenvalue weighted by molar-refractivity contribution is 0.00578. The van der Waals surface area contributed by atoms with Gasteiger partial charge in [-0.2, -0.15) is 0 Å². The van der Waals surface area contributed by atoms with E-state index in [-0.39, 0.29) is 23.7 Å². The van der Waals surface area contributed by atoms with Crippen LogP contribution in [-0.4, -0.2) is 40.2 Å². The first-order chi connectivity index (χ1) is 9.68. The van der Waals surface area contributed by atoms with Crippen molar-refractivity contribution in [3.63, 3.8) is 0 Å². The maximum absolute atomic E-state index is 9.82. The van der Waals surface area contributed by atoms with Gasteiger partial charge in [0, 0.05) is 0 Å². The van der Waals surface area contributed by atoms with Gasteiger partial charge in [0.2, 0.25) is 0 Å². The third kappa shape index (κ3) is 2.93. The minimum absolute atomic E-state index is 0.0718. The predicted molar refractivity (Wildman–Crippen MR) is 80.9 cm³/mol. The molecule has 21 heavy (non-hydrogen) atoms. The number of aliphatic hydroxyl groups is 1. The van der Waals surface area contributed by atoms with Crippen molar-refractivity contribution in [3.05, 3.63) is 29.2 Å². The van der Waals surface area contributed by atoms with Crippen LogP contribution in [0.15, 0.2) is 23.7 Å². The molecule has 0 amide bonds. The van der Waals surface area contributed by atoms with Gasteiger partial charge in [0.1, 0.15) is 11.5 Å². The lowest BCUT2D eigenvalue weighted by Gasteiger charge is -2.32. The summed E-state index contributed by atoms with van der Waals surface area (Å²) in [5.41, 5.74) is -0.374. The van der Waals surface area contributed by atoms with Crippen LogP contribution in [0.5, 0.6) is 11.5 Å². The van der Waals surface area contributed by atoms with Gasteiger partial charge in [-0.05, 0) is 51.4 Å². The van der Waals surface area contributed by atoms with Gasteiger partial charge in [0.25, 0.3) is 0 Å². The monoisotopic (exact) mass is 292 g/mol. The molecule has 1 heterocycles. The van der Waals surface area contributed by atoms with Crippen LogP contribution in [0.2, 0.25) is 0 Å². The van der Waals surface area contributed by atoms with E-state index in [4.69, 9.17) is 9.31 Å². The molecule has 0 atom stereocenters. The van der Waals surface area contributed by atoms with Gasteiger partial charge in [-0.25, -0.2) is 0 Å². The van der Waals surface area contributed by atoms with Crippen LogP contribution in [-0.2, 0) is 9.31 Å². The van der Waals surface area contributed by atoms with Gasteiger partial charge in [-0.15, -0.1) is 0 Å². The van der Waals surface area contributed by atoms with E-state index in [9.17, 15) is 15.3 Å². The Labute approximate surface area is 125 Å². The summed E-state index contributed by atoms with van der Waals surface area (Å²) < 4.78 is 11.7. The fraction of sp³-hybridized carbons (Fsp3) is 0.467. The molecule has 2 rings (SSSR count). The molecule has 1 fully saturated rings. The highest BCUT2D eigenvalue weighted by atomic mass is 16.7. The van der Waals surface area contributed by atoms with Crippen molar-refractivity contribution in [1.29, 1.82) is 0 Å². The van der Waals surface area contributed by atoms with Crippen molar-refractivity contribution in [1.82, 2.24) is 0 Å². The quantitative estimate of drug-likeness (QED) is 0.744. The largest absolute Gasteiger partial charge is 0.507 e. The number of benzene rings is 1. The van der Waals surface area contributed by atoms with Crippen LogP contribution in [0.4, 0.5) is 0 Å². The van der Waals surface area contributed by atoms with Crippen molar-refractivity contribution in [2.75, 3.05) is 6.61 Å². The highest BCUT2D eigenvalue weighted by molar-refractivity contribution is 6.55. The first-order valence-electron chi connectivity index (χ1n) is 6.86. The maximum Gasteiger partial charge on any atom is 0.492 e. The highest BCUT2D eigenvalue weighted by Crippen LogP contribution is 2.39. The van der Waals surface area contributed by atoms with Gasteiger partial charge >= 0.3 is 7.12 Å². The number of aliphatic hydroxyl groups excluding tert-OH is 1. The van der Waals surface area contributed by atoms with E-state index in [1.807, 2.05) is 27.7 Å². The Balaban J connectivity index is 2.36. The molecule has 1 aliphatic heterocycles. The van der Waals surface area contributed by atoms with Gasteiger partial charge in [-0.1, -0.05) is 6.07 Å². The molecule has 0 bridgehead atoms. The number of aromatic hydroxyl groups is 2. The molecular formula is C15H21BO5. The van der Waals surface area contributed by atoms with E-state index in [0.717, 1.165) is 0 Å². The van der Waals surface area contributed by atoms with E-state index < -0.39 is 18.3 Å². The normalized spacial score (nSPS) is 20.8. The van der Waals surface area contributed by atoms with E-state index in [0.29, 0.717) is 5.47 Å². The zero-order valence-corrected chi connectivity index (χ0v) is 12.8. The predicted octanol–water partition coefficient (Wildman–Crippen LogP) is 2.10. The van der Waals surface area contributed by atoms with E-state index in [1.54, 1.807) is 0 Å². The number of hydrogen-bond donors (Lipinski definition) is 3. The minimum atomic E-state index is -0.723. The molecular weight excluding hydrogens is 271 g/mol. The van der Waals surface area contributed by atoms with Gasteiger partial charge < -0.3 is 24.6 Å². The van der Waals surface area contributed by atoms with Crippen molar-refractivity contribution in [3.8, 4) is 11.5 Å². The average molecular weight is 292 g/mol. The second-order valence-corrected chi connectivity index (χ2v) is 6.18. The smallest absolute Gasteiger partial charge is 0.492 e. The molecule has 6 heteroatoms. The lowest BCUT2D eigenvalue weighted by Crippen LogP contribution is -2.41. The Morgan fingerprint density at radius 1 is 1.10 bits per heavy atom. The van der Waals surface area contributed by atoms with Crippen molar-refractivity contribution in [2.24, 2.45) is 0 Å². The molecule has 0 radical (unpaired) electrons. The molecule has 114 valence electrons. The number of phenolic OH excluding ortho intramolecular Hbond substituents is 2. The maximum atomic E-state index is 9.82. The Hall–Kier alpha value is -1.50. The summed E-state index contributed by atoms with van der Waals surface area (Å²) in [6, 6.07) is 4.46. The zero-order valence-electron chi connectivity index (χ0n) is 12.8. The summed E-state index contributed by atoms with van der Waals surface area (Å²) in [5.74, 6) is -0.144. The Kier molecular flexibility index (Phi) is 4.06. The Morgan fingerprint density at radius 3 is 2.00 bits per heavy atom. The second-order valence-electron chi connectivity index (χ2n) is 6.18. The van der Waals surface area contributed by atoms with Crippen LogP contribution in [0.25, 0.3) is 6.08 Å². The van der Waals surface area contributed by atoms with Crippen molar-refractivity contribution >= 4 is 13.2 Å². The fourth-order valence-corrected chi connectivity index (χ4v) is 2.06. The fourth-order valence-electron chi connectivity index (χ4n) is 2.06. The number of phenols is 2. The van der Waals surface area contributed by atoms with E-state index in [1.165, 1.54) is 24.3 Å². The summed E-state index contributed by atoms with van der Waals surface area (Å²) in [6.07, 6.45) is 1.49. The van der Waals surface area contributed by atoms with Crippen LogP contribution < -0.4 is 0 Å². The standard InChI is InChI=1S/C15H21BO5/c1-14(2)15(3,4)21-16(20-14)10(9-17)8-11-12(18)6-5-7-13(11)19/h5-8,17-19H,9H2,1-4H3. The first kappa shape index (κ1) is 15.9. The lowest BCUT2D eigenvalue weighted by atomic mass is 9.77. The summed E-state index contributed by atoms with van der Waals surface area (Å²) >= 11 is 0. The number of rotatable bonds is 3. The minimum Gasteiger partial charge on any atom is -0.507 e. The molecule has 5 nitrogen and oxygen atoms in total. The molecule has 0 aliphatic carbocycles. The Bertz CT molecular complexity index is 529. The van der Waals surface area contributed by atoms with Crippen LogP contribution in [0.1, 0.15) is 33.3 Å². The van der Waals surface area contributed by atoms with Crippen molar-refractivity contribution < 1.29 is 24.6 Å². The van der Waals surface area contributed by atoms with Gasteiger partial charge in [0.05, 0.1) is 23.4 Å². The SMILES string of the molecule is CC1(C)OB(C(=Cc2c(O)cccc2O)CO)OC1(C)C. The average Bonchev–Trinajstić information content (AvgIpc) is 2.58. The van der Waals surface area contributed by atoms with Crippen molar-refractivity contribution in [2.45, 2.75) is 38.9 Å². The molecule has 0 saturated carbocycles. The molecule has 1 aromatic rings. The summed E-state index contributed by atoms with van der Waals surface area (Å²) in [7, 11) is -0.723. The topological polar surface area (TPSA) is 79.2 Å². The van der Waals surface area contributed by atoms with Gasteiger partial charge in [0.15, 0.2) is 0 Å². The molecule has 0 aromatic heterocycles. The molecule has 0 spiro atoms. The highest BCUT2D eigenvalue weighted by Gasteiger charge is 2.52. The van der Waals surface area contributed by atoms with Gasteiger partial charge in [-0.3, -0.25) is 0 Å². The molecule has 0 unspecified atom stereocenters. The van der Waals surface area contributed by atoms with E-state index in [2.05, 4.69) is 0 Å².